The minimum atomic E-state index is -0.422. The van der Waals surface area contributed by atoms with Gasteiger partial charge in [0.15, 0.2) is 6.10 Å². The van der Waals surface area contributed by atoms with Gasteiger partial charge in [0.25, 0.3) is 5.91 Å². The maximum atomic E-state index is 12.4. The molecule has 4 nitrogen and oxygen atoms in total. The summed E-state index contributed by atoms with van der Waals surface area (Å²) in [5, 5.41) is 6.50. The van der Waals surface area contributed by atoms with Crippen LogP contribution < -0.4 is 15.4 Å². The largest absolute Gasteiger partial charge is 0.481 e. The Kier molecular flexibility index (Phi) is 7.69. The van der Waals surface area contributed by atoms with E-state index >= 15 is 0 Å². The zero-order valence-electron chi connectivity index (χ0n) is 13.6. The van der Waals surface area contributed by atoms with Gasteiger partial charge in [0, 0.05) is 6.04 Å². The minimum Gasteiger partial charge on any atom is -0.481 e. The lowest BCUT2D eigenvalue weighted by Gasteiger charge is -2.31. The summed E-state index contributed by atoms with van der Waals surface area (Å²) >= 11 is 0. The lowest BCUT2D eigenvalue weighted by Crippen LogP contribution is -2.51. The van der Waals surface area contributed by atoms with Crippen LogP contribution in [0.1, 0.15) is 32.3 Å². The number of rotatable bonds is 5. The molecule has 0 saturated carbocycles. The van der Waals surface area contributed by atoms with Gasteiger partial charge in [0.05, 0.1) is 0 Å². The fourth-order valence-corrected chi connectivity index (χ4v) is 2.68. The van der Waals surface area contributed by atoms with Crippen molar-refractivity contribution in [2.24, 2.45) is 5.92 Å². The van der Waals surface area contributed by atoms with Crippen molar-refractivity contribution in [2.45, 2.75) is 45.8 Å². The lowest BCUT2D eigenvalue weighted by atomic mass is 9.95. The van der Waals surface area contributed by atoms with Gasteiger partial charge >= 0.3 is 0 Å². The molecule has 5 heteroatoms. The maximum Gasteiger partial charge on any atom is 0.261 e. The van der Waals surface area contributed by atoms with E-state index in [1.54, 1.807) is 0 Å². The third kappa shape index (κ3) is 5.18. The Morgan fingerprint density at radius 2 is 2.27 bits per heavy atom. The summed E-state index contributed by atoms with van der Waals surface area (Å²) in [6, 6.07) is 8.07. The third-order valence-corrected chi connectivity index (χ3v) is 4.04. The van der Waals surface area contributed by atoms with Crippen molar-refractivity contribution in [2.75, 3.05) is 13.1 Å². The molecule has 0 aromatic heterocycles. The molecule has 124 valence electrons. The van der Waals surface area contributed by atoms with Gasteiger partial charge in [-0.25, -0.2) is 0 Å². The van der Waals surface area contributed by atoms with Gasteiger partial charge in [-0.15, -0.1) is 12.4 Å². The number of carbonyl (C=O) groups excluding carboxylic acids is 1. The number of benzene rings is 1. The van der Waals surface area contributed by atoms with E-state index in [2.05, 4.69) is 17.6 Å². The number of hydrogen-bond acceptors (Lipinski definition) is 3. The standard InChI is InChI=1S/C17H26N2O2.ClH/c1-4-16(21-14-7-5-6-12(2)10-14)17(20)19-15-8-9-18-11-13(15)3;/h5-7,10,13,15-16,18H,4,8-9,11H2,1-3H3,(H,19,20);1H. The van der Waals surface area contributed by atoms with Crippen LogP contribution >= 0.6 is 12.4 Å². The van der Waals surface area contributed by atoms with Crippen LogP contribution in [0.25, 0.3) is 0 Å². The highest BCUT2D eigenvalue weighted by Gasteiger charge is 2.26. The van der Waals surface area contributed by atoms with Gasteiger partial charge in [-0.1, -0.05) is 26.0 Å². The summed E-state index contributed by atoms with van der Waals surface area (Å²) in [5.74, 6) is 1.22. The van der Waals surface area contributed by atoms with Crippen molar-refractivity contribution < 1.29 is 9.53 Å². The third-order valence-electron chi connectivity index (χ3n) is 4.04. The highest BCUT2D eigenvalue weighted by Crippen LogP contribution is 2.16. The molecular formula is C17H27ClN2O2. The number of hydrogen-bond donors (Lipinski definition) is 2. The zero-order chi connectivity index (χ0) is 15.2. The number of piperidine rings is 1. The van der Waals surface area contributed by atoms with Crippen molar-refractivity contribution >= 4 is 18.3 Å². The lowest BCUT2D eigenvalue weighted by molar-refractivity contribution is -0.129. The fraction of sp³-hybridized carbons (Fsp3) is 0.588. The van der Waals surface area contributed by atoms with Crippen LogP contribution in [-0.2, 0) is 4.79 Å². The molecule has 22 heavy (non-hydrogen) atoms. The van der Waals surface area contributed by atoms with E-state index in [0.29, 0.717) is 12.3 Å². The monoisotopic (exact) mass is 326 g/mol. The van der Waals surface area contributed by atoms with E-state index in [4.69, 9.17) is 4.74 Å². The number of amides is 1. The molecule has 0 radical (unpaired) electrons. The summed E-state index contributed by atoms with van der Waals surface area (Å²) in [6.07, 6.45) is 1.22. The average Bonchev–Trinajstić information content (AvgIpc) is 2.47. The van der Waals surface area contributed by atoms with Crippen molar-refractivity contribution in [3.05, 3.63) is 29.8 Å². The highest BCUT2D eigenvalue weighted by molar-refractivity contribution is 5.85. The Balaban J connectivity index is 0.00000242. The van der Waals surface area contributed by atoms with Gasteiger partial charge in [-0.3, -0.25) is 4.79 Å². The topological polar surface area (TPSA) is 50.4 Å². The second-order valence-electron chi connectivity index (χ2n) is 5.92. The molecule has 1 amide bonds. The van der Waals surface area contributed by atoms with E-state index in [9.17, 15) is 4.79 Å². The summed E-state index contributed by atoms with van der Waals surface area (Å²) < 4.78 is 5.86. The molecule has 1 saturated heterocycles. The minimum absolute atomic E-state index is 0. The van der Waals surface area contributed by atoms with Crippen molar-refractivity contribution in [3.63, 3.8) is 0 Å². The Morgan fingerprint density at radius 1 is 1.50 bits per heavy atom. The molecule has 1 aromatic carbocycles. The predicted octanol–water partition coefficient (Wildman–Crippen LogP) is 2.69. The normalized spacial score (nSPS) is 22.3. The molecule has 1 aliphatic heterocycles. The molecule has 1 heterocycles. The van der Waals surface area contributed by atoms with Crippen molar-refractivity contribution in [3.8, 4) is 5.75 Å². The maximum absolute atomic E-state index is 12.4. The number of carbonyl (C=O) groups is 1. The Morgan fingerprint density at radius 3 is 2.91 bits per heavy atom. The second kappa shape index (κ2) is 9.01. The summed E-state index contributed by atoms with van der Waals surface area (Å²) in [5.41, 5.74) is 1.13. The van der Waals surface area contributed by atoms with Crippen LogP contribution in [0.2, 0.25) is 0 Å². The Hall–Kier alpha value is -1.26. The first-order valence-electron chi connectivity index (χ1n) is 7.84. The molecule has 0 bridgehead atoms. The molecule has 2 rings (SSSR count). The summed E-state index contributed by atoms with van der Waals surface area (Å²) in [4.78, 5) is 12.4. The SMILES string of the molecule is CCC(Oc1cccc(C)c1)C(=O)NC1CCNCC1C.Cl. The van der Waals surface area contributed by atoms with E-state index < -0.39 is 6.10 Å². The number of ether oxygens (including phenoxy) is 1. The van der Waals surface area contributed by atoms with Gasteiger partial charge in [-0.2, -0.15) is 0 Å². The molecule has 3 unspecified atom stereocenters. The number of nitrogens with one attached hydrogen (secondary N) is 2. The van der Waals surface area contributed by atoms with Crippen molar-refractivity contribution in [1.82, 2.24) is 10.6 Å². The summed E-state index contributed by atoms with van der Waals surface area (Å²) in [6.45, 7) is 8.08. The molecule has 1 aliphatic rings. The number of aryl methyl sites for hydroxylation is 1. The van der Waals surface area contributed by atoms with E-state index in [1.165, 1.54) is 0 Å². The van der Waals surface area contributed by atoms with E-state index in [0.717, 1.165) is 30.8 Å². The Bertz CT molecular complexity index is 481. The van der Waals surface area contributed by atoms with Crippen LogP contribution in [-0.4, -0.2) is 31.1 Å². The smallest absolute Gasteiger partial charge is 0.261 e. The molecule has 2 N–H and O–H groups in total. The van der Waals surface area contributed by atoms with Crippen LogP contribution in [0.4, 0.5) is 0 Å². The van der Waals surface area contributed by atoms with Crippen LogP contribution in [0.5, 0.6) is 5.75 Å². The highest BCUT2D eigenvalue weighted by atomic mass is 35.5. The van der Waals surface area contributed by atoms with Crippen LogP contribution in [0, 0.1) is 12.8 Å². The molecule has 0 aliphatic carbocycles. The predicted molar refractivity (Wildman–Crippen MR) is 91.7 cm³/mol. The molecule has 1 fully saturated rings. The fourth-order valence-electron chi connectivity index (χ4n) is 2.68. The quantitative estimate of drug-likeness (QED) is 0.874. The van der Waals surface area contributed by atoms with E-state index in [1.807, 2.05) is 38.1 Å². The second-order valence-corrected chi connectivity index (χ2v) is 5.92. The molecule has 3 atom stereocenters. The van der Waals surface area contributed by atoms with Crippen LogP contribution in [0.15, 0.2) is 24.3 Å². The number of halogens is 1. The first-order chi connectivity index (χ1) is 10.1. The van der Waals surface area contributed by atoms with Gasteiger partial charge in [0.2, 0.25) is 0 Å². The summed E-state index contributed by atoms with van der Waals surface area (Å²) in [7, 11) is 0. The molecule has 1 aromatic rings. The molecular weight excluding hydrogens is 300 g/mol. The van der Waals surface area contributed by atoms with Gasteiger partial charge in [-0.05, 0) is 56.5 Å². The van der Waals surface area contributed by atoms with E-state index in [-0.39, 0.29) is 24.4 Å². The first kappa shape index (κ1) is 18.8. The molecule has 0 spiro atoms. The zero-order valence-corrected chi connectivity index (χ0v) is 14.4. The van der Waals surface area contributed by atoms with Gasteiger partial charge < -0.3 is 15.4 Å². The Labute approximate surface area is 139 Å². The first-order valence-corrected chi connectivity index (χ1v) is 7.84. The van der Waals surface area contributed by atoms with Crippen molar-refractivity contribution in [1.29, 1.82) is 0 Å². The van der Waals surface area contributed by atoms with Crippen LogP contribution in [0.3, 0.4) is 0 Å². The average molecular weight is 327 g/mol. The van der Waals surface area contributed by atoms with Gasteiger partial charge in [0.1, 0.15) is 5.75 Å².